The van der Waals surface area contributed by atoms with E-state index in [2.05, 4.69) is 15.3 Å². The van der Waals surface area contributed by atoms with Gasteiger partial charge < -0.3 is 9.73 Å². The number of hydrogen-bond donors (Lipinski definition) is 1. The van der Waals surface area contributed by atoms with E-state index in [1.54, 1.807) is 19.4 Å². The molecule has 0 aromatic carbocycles. The van der Waals surface area contributed by atoms with Crippen LogP contribution in [0.25, 0.3) is 0 Å². The fraction of sp³-hybridized carbons (Fsp3) is 0.200. The maximum Gasteiger partial charge on any atom is 0.223 e. The second kappa shape index (κ2) is 4.52. The van der Waals surface area contributed by atoms with Crippen LogP contribution in [0.3, 0.4) is 0 Å². The van der Waals surface area contributed by atoms with Gasteiger partial charge in [0.15, 0.2) is 5.82 Å². The van der Waals surface area contributed by atoms with Crippen LogP contribution in [0, 0.1) is 12.7 Å². The number of halogens is 1. The van der Waals surface area contributed by atoms with Crippen LogP contribution < -0.4 is 5.32 Å². The molecule has 0 radical (unpaired) electrons. The topological polar surface area (TPSA) is 51.0 Å². The molecule has 0 aliphatic carbocycles. The molecule has 2 aromatic rings. The zero-order chi connectivity index (χ0) is 11.5. The number of anilines is 1. The lowest BCUT2D eigenvalue weighted by atomic mass is 10.5. The third kappa shape index (κ3) is 2.16. The van der Waals surface area contributed by atoms with Crippen molar-refractivity contribution >= 4 is 17.7 Å². The summed E-state index contributed by atoms with van der Waals surface area (Å²) in [6.07, 6.45) is 2.71. The van der Waals surface area contributed by atoms with Gasteiger partial charge in [0.25, 0.3) is 0 Å². The standard InChI is InChI=1S/C10H10FN3OS/c1-6-8(3-4-15-6)16-9-7(11)5-13-10(12-2)14-9/h3-5H,1-2H3,(H,12,13,14). The van der Waals surface area contributed by atoms with Gasteiger partial charge in [-0.05, 0) is 13.0 Å². The van der Waals surface area contributed by atoms with Crippen LogP contribution in [-0.4, -0.2) is 17.0 Å². The fourth-order valence-electron chi connectivity index (χ4n) is 1.13. The van der Waals surface area contributed by atoms with Crippen LogP contribution in [0.5, 0.6) is 0 Å². The fourth-order valence-corrected chi connectivity index (χ4v) is 1.93. The molecule has 6 heteroatoms. The average Bonchev–Trinajstić information content (AvgIpc) is 2.68. The molecule has 2 aromatic heterocycles. The summed E-state index contributed by atoms with van der Waals surface area (Å²) in [7, 11) is 1.69. The van der Waals surface area contributed by atoms with Crippen molar-refractivity contribution in [1.29, 1.82) is 0 Å². The molecule has 0 atom stereocenters. The first kappa shape index (κ1) is 10.9. The first-order valence-electron chi connectivity index (χ1n) is 4.63. The van der Waals surface area contributed by atoms with Crippen LogP contribution in [0.1, 0.15) is 5.76 Å². The van der Waals surface area contributed by atoms with Crippen LogP contribution in [0.4, 0.5) is 10.3 Å². The van der Waals surface area contributed by atoms with E-state index in [0.29, 0.717) is 5.95 Å². The molecule has 4 nitrogen and oxygen atoms in total. The molecule has 0 saturated heterocycles. The second-order valence-corrected chi connectivity index (χ2v) is 4.07. The highest BCUT2D eigenvalue weighted by Crippen LogP contribution is 2.31. The highest BCUT2D eigenvalue weighted by Gasteiger charge is 2.11. The minimum atomic E-state index is -0.440. The Morgan fingerprint density at radius 1 is 1.50 bits per heavy atom. The number of nitrogens with zero attached hydrogens (tertiary/aromatic N) is 2. The summed E-state index contributed by atoms with van der Waals surface area (Å²) in [6.45, 7) is 1.82. The van der Waals surface area contributed by atoms with Gasteiger partial charge in [0.2, 0.25) is 5.95 Å². The van der Waals surface area contributed by atoms with Gasteiger partial charge in [-0.15, -0.1) is 0 Å². The number of rotatable bonds is 3. The van der Waals surface area contributed by atoms with Gasteiger partial charge in [0.05, 0.1) is 17.4 Å². The normalized spacial score (nSPS) is 10.4. The Labute approximate surface area is 96.3 Å². The van der Waals surface area contributed by atoms with Gasteiger partial charge in [-0.3, -0.25) is 0 Å². The monoisotopic (exact) mass is 239 g/mol. The molecule has 84 valence electrons. The van der Waals surface area contributed by atoms with Gasteiger partial charge in [-0.25, -0.2) is 14.4 Å². The zero-order valence-electron chi connectivity index (χ0n) is 8.82. The largest absolute Gasteiger partial charge is 0.468 e. The zero-order valence-corrected chi connectivity index (χ0v) is 9.64. The van der Waals surface area contributed by atoms with Crippen molar-refractivity contribution in [3.8, 4) is 0 Å². The summed E-state index contributed by atoms with van der Waals surface area (Å²) in [6, 6.07) is 1.78. The molecule has 0 fully saturated rings. The molecule has 0 bridgehead atoms. The number of aromatic nitrogens is 2. The van der Waals surface area contributed by atoms with Crippen LogP contribution in [0.15, 0.2) is 32.9 Å². The van der Waals surface area contributed by atoms with Crippen molar-refractivity contribution in [3.63, 3.8) is 0 Å². The molecule has 2 rings (SSSR count). The molecule has 0 aliphatic rings. The molecule has 0 spiro atoms. The van der Waals surface area contributed by atoms with Gasteiger partial charge >= 0.3 is 0 Å². The summed E-state index contributed by atoms with van der Waals surface area (Å²) >= 11 is 1.22. The number of hydrogen-bond acceptors (Lipinski definition) is 5. The van der Waals surface area contributed by atoms with Crippen LogP contribution >= 0.6 is 11.8 Å². The van der Waals surface area contributed by atoms with Crippen molar-refractivity contribution in [2.45, 2.75) is 16.8 Å². The molecule has 0 amide bonds. The Morgan fingerprint density at radius 2 is 2.31 bits per heavy atom. The molecule has 2 heterocycles. The quantitative estimate of drug-likeness (QED) is 0.834. The van der Waals surface area contributed by atoms with Gasteiger partial charge in [-0.1, -0.05) is 11.8 Å². The summed E-state index contributed by atoms with van der Waals surface area (Å²) in [4.78, 5) is 8.65. The first-order valence-corrected chi connectivity index (χ1v) is 5.44. The molecule has 16 heavy (non-hydrogen) atoms. The highest BCUT2D eigenvalue weighted by molar-refractivity contribution is 7.99. The Bertz CT molecular complexity index is 501. The minimum Gasteiger partial charge on any atom is -0.468 e. The Kier molecular flexibility index (Phi) is 3.09. The van der Waals surface area contributed by atoms with Gasteiger partial charge in [-0.2, -0.15) is 0 Å². The van der Waals surface area contributed by atoms with Crippen molar-refractivity contribution < 1.29 is 8.81 Å². The molecule has 1 N–H and O–H groups in total. The van der Waals surface area contributed by atoms with Crippen molar-refractivity contribution in [3.05, 3.63) is 30.1 Å². The van der Waals surface area contributed by atoms with E-state index >= 15 is 0 Å². The molecule has 0 unspecified atom stereocenters. The minimum absolute atomic E-state index is 0.281. The Balaban J connectivity index is 2.30. The van der Waals surface area contributed by atoms with Crippen LogP contribution in [0.2, 0.25) is 0 Å². The summed E-state index contributed by atoms with van der Waals surface area (Å²) in [5.41, 5.74) is 0. The van der Waals surface area contributed by atoms with E-state index in [1.165, 1.54) is 11.8 Å². The molecular weight excluding hydrogens is 229 g/mol. The summed E-state index contributed by atoms with van der Waals surface area (Å²) in [5.74, 6) is 0.698. The molecule has 0 saturated carbocycles. The lowest BCUT2D eigenvalue weighted by Crippen LogP contribution is -1.98. The van der Waals surface area contributed by atoms with Crippen LogP contribution in [-0.2, 0) is 0 Å². The predicted molar refractivity (Wildman–Crippen MR) is 59.1 cm³/mol. The number of aryl methyl sites for hydroxylation is 1. The Morgan fingerprint density at radius 3 is 2.94 bits per heavy atom. The smallest absolute Gasteiger partial charge is 0.223 e. The maximum absolute atomic E-state index is 13.4. The van der Waals surface area contributed by atoms with E-state index < -0.39 is 5.82 Å². The third-order valence-electron chi connectivity index (χ3n) is 1.95. The number of nitrogens with one attached hydrogen (secondary N) is 1. The highest BCUT2D eigenvalue weighted by atomic mass is 32.2. The van der Waals surface area contributed by atoms with Crippen molar-refractivity contribution in [1.82, 2.24) is 9.97 Å². The third-order valence-corrected chi connectivity index (χ3v) is 3.08. The maximum atomic E-state index is 13.4. The summed E-state index contributed by atoms with van der Waals surface area (Å²) < 4.78 is 18.6. The van der Waals surface area contributed by atoms with Crippen molar-refractivity contribution in [2.75, 3.05) is 12.4 Å². The van der Waals surface area contributed by atoms with E-state index in [0.717, 1.165) is 16.9 Å². The van der Waals surface area contributed by atoms with Gasteiger partial charge in [0, 0.05) is 7.05 Å². The SMILES string of the molecule is CNc1ncc(F)c(Sc2ccoc2C)n1. The second-order valence-electron chi connectivity index (χ2n) is 3.04. The average molecular weight is 239 g/mol. The van der Waals surface area contributed by atoms with Crippen molar-refractivity contribution in [2.24, 2.45) is 0 Å². The number of furan rings is 1. The van der Waals surface area contributed by atoms with E-state index in [9.17, 15) is 4.39 Å². The van der Waals surface area contributed by atoms with E-state index in [-0.39, 0.29) is 5.03 Å². The van der Waals surface area contributed by atoms with E-state index in [1.807, 2.05) is 6.92 Å². The first-order chi connectivity index (χ1) is 7.70. The lowest BCUT2D eigenvalue weighted by Gasteiger charge is -2.03. The molecular formula is C10H10FN3OS. The lowest BCUT2D eigenvalue weighted by molar-refractivity contribution is 0.526. The van der Waals surface area contributed by atoms with Gasteiger partial charge in [0.1, 0.15) is 10.8 Å². The molecule has 0 aliphatic heterocycles. The predicted octanol–water partition coefficient (Wildman–Crippen LogP) is 2.71. The Hall–Kier alpha value is -1.56. The summed E-state index contributed by atoms with van der Waals surface area (Å²) in [5, 5.41) is 3.04. The van der Waals surface area contributed by atoms with E-state index in [4.69, 9.17) is 4.42 Å².